The van der Waals surface area contributed by atoms with E-state index in [9.17, 15) is 4.79 Å². The number of hydrogen-bond acceptors (Lipinski definition) is 2. The molecule has 0 saturated carbocycles. The van der Waals surface area contributed by atoms with Gasteiger partial charge in [-0.3, -0.25) is 5.43 Å². The Hall–Kier alpha value is -1.55. The molecular weight excluding hydrogens is 202 g/mol. The van der Waals surface area contributed by atoms with Crippen LogP contribution < -0.4 is 11.3 Å². The second-order valence-corrected chi connectivity index (χ2v) is 4.10. The molecule has 0 aliphatic heterocycles. The van der Waals surface area contributed by atoms with Crippen LogP contribution in [0.2, 0.25) is 0 Å². The maximum atomic E-state index is 11.3. The lowest BCUT2D eigenvalue weighted by Crippen LogP contribution is -2.40. The minimum absolute atomic E-state index is 0.280. The number of carbonyl (C=O) groups is 1. The van der Waals surface area contributed by atoms with Gasteiger partial charge in [0.2, 0.25) is 0 Å². The van der Waals surface area contributed by atoms with E-state index in [2.05, 4.69) is 38.3 Å². The van der Waals surface area contributed by atoms with Gasteiger partial charge in [0.1, 0.15) is 0 Å². The Bertz CT molecular complexity index is 401. The fourth-order valence-corrected chi connectivity index (χ4v) is 1.62. The number of amides is 2. The number of rotatable bonds is 2. The molecule has 1 aromatic rings. The largest absolute Gasteiger partial charge is 0.331 e. The molecule has 16 heavy (non-hydrogen) atoms. The lowest BCUT2D eigenvalue weighted by molar-refractivity contribution is 0.207. The third kappa shape index (κ3) is 2.52. The average Bonchev–Trinajstić information content (AvgIpc) is 2.28. The number of urea groups is 1. The van der Waals surface area contributed by atoms with Gasteiger partial charge in [0.05, 0.1) is 0 Å². The molecule has 1 aromatic carbocycles. The number of nitrogens with one attached hydrogen (secondary N) is 1. The van der Waals surface area contributed by atoms with Crippen LogP contribution in [0.4, 0.5) is 4.79 Å². The molecule has 4 heteroatoms. The molecule has 0 bridgehead atoms. The predicted octanol–water partition coefficient (Wildman–Crippen LogP) is 1.63. The van der Waals surface area contributed by atoms with Gasteiger partial charge in [-0.15, -0.1) is 0 Å². The van der Waals surface area contributed by atoms with Crippen molar-refractivity contribution in [3.8, 4) is 0 Å². The first-order valence-electron chi connectivity index (χ1n) is 5.24. The minimum Gasteiger partial charge on any atom is -0.322 e. The van der Waals surface area contributed by atoms with Crippen molar-refractivity contribution in [1.82, 2.24) is 10.3 Å². The standard InChI is InChI=1S/C12H19N3O/c1-8-5-6-11(10(3)9(8)2)7-15(4)12(16)14-13/h5-6H,7,13H2,1-4H3,(H,14,16). The summed E-state index contributed by atoms with van der Waals surface area (Å²) < 4.78 is 0. The molecule has 0 spiro atoms. The molecule has 3 N–H and O–H groups in total. The summed E-state index contributed by atoms with van der Waals surface area (Å²) in [6.07, 6.45) is 0. The van der Waals surface area contributed by atoms with E-state index >= 15 is 0 Å². The van der Waals surface area contributed by atoms with Gasteiger partial charge in [-0.1, -0.05) is 12.1 Å². The van der Waals surface area contributed by atoms with Crippen LogP contribution in [0.3, 0.4) is 0 Å². The fraction of sp³-hybridized carbons (Fsp3) is 0.417. The highest BCUT2D eigenvalue weighted by Crippen LogP contribution is 2.18. The smallest absolute Gasteiger partial charge is 0.322 e. The average molecular weight is 221 g/mol. The van der Waals surface area contributed by atoms with Crippen molar-refractivity contribution in [2.45, 2.75) is 27.3 Å². The minimum atomic E-state index is -0.280. The van der Waals surface area contributed by atoms with E-state index in [4.69, 9.17) is 5.84 Å². The van der Waals surface area contributed by atoms with E-state index in [0.29, 0.717) is 6.54 Å². The number of carbonyl (C=O) groups excluding carboxylic acids is 1. The summed E-state index contributed by atoms with van der Waals surface area (Å²) in [7, 11) is 1.72. The SMILES string of the molecule is Cc1ccc(CN(C)C(=O)NN)c(C)c1C. The van der Waals surface area contributed by atoms with Crippen molar-refractivity contribution in [3.05, 3.63) is 34.4 Å². The van der Waals surface area contributed by atoms with E-state index in [0.717, 1.165) is 5.56 Å². The molecule has 0 unspecified atom stereocenters. The van der Waals surface area contributed by atoms with E-state index in [1.54, 1.807) is 11.9 Å². The van der Waals surface area contributed by atoms with E-state index in [1.807, 2.05) is 0 Å². The second kappa shape index (κ2) is 4.99. The first kappa shape index (κ1) is 12.5. The quantitative estimate of drug-likeness (QED) is 0.453. The first-order valence-corrected chi connectivity index (χ1v) is 5.24. The van der Waals surface area contributed by atoms with Crippen molar-refractivity contribution < 1.29 is 4.79 Å². The molecule has 88 valence electrons. The molecule has 0 aliphatic rings. The van der Waals surface area contributed by atoms with Crippen LogP contribution in [0, 0.1) is 20.8 Å². The van der Waals surface area contributed by atoms with Gasteiger partial charge >= 0.3 is 6.03 Å². The van der Waals surface area contributed by atoms with Gasteiger partial charge in [0.15, 0.2) is 0 Å². The molecule has 0 atom stereocenters. The maximum Gasteiger partial charge on any atom is 0.331 e. The molecule has 0 radical (unpaired) electrons. The molecule has 0 aromatic heterocycles. The van der Waals surface area contributed by atoms with Gasteiger partial charge in [-0.05, 0) is 43.0 Å². The number of nitrogens with two attached hydrogens (primary N) is 1. The van der Waals surface area contributed by atoms with Crippen LogP contribution in [0.15, 0.2) is 12.1 Å². The van der Waals surface area contributed by atoms with Gasteiger partial charge < -0.3 is 4.90 Å². The van der Waals surface area contributed by atoms with Crippen LogP contribution >= 0.6 is 0 Å². The topological polar surface area (TPSA) is 58.4 Å². The highest BCUT2D eigenvalue weighted by Gasteiger charge is 2.10. The monoisotopic (exact) mass is 221 g/mol. The summed E-state index contributed by atoms with van der Waals surface area (Å²) in [6, 6.07) is 3.85. The van der Waals surface area contributed by atoms with Crippen molar-refractivity contribution in [2.75, 3.05) is 7.05 Å². The Morgan fingerprint density at radius 2 is 1.94 bits per heavy atom. The summed E-state index contributed by atoms with van der Waals surface area (Å²) in [5.41, 5.74) is 7.05. The van der Waals surface area contributed by atoms with Crippen molar-refractivity contribution >= 4 is 6.03 Å². The number of hydrazine groups is 1. The highest BCUT2D eigenvalue weighted by molar-refractivity contribution is 5.73. The summed E-state index contributed by atoms with van der Waals surface area (Å²) in [4.78, 5) is 12.8. The predicted molar refractivity (Wildman–Crippen MR) is 64.8 cm³/mol. The van der Waals surface area contributed by atoms with Crippen LogP contribution in [0.1, 0.15) is 22.3 Å². The van der Waals surface area contributed by atoms with Crippen LogP contribution in [0.25, 0.3) is 0 Å². The van der Waals surface area contributed by atoms with E-state index in [-0.39, 0.29) is 6.03 Å². The number of aryl methyl sites for hydroxylation is 1. The zero-order chi connectivity index (χ0) is 12.3. The summed E-state index contributed by atoms with van der Waals surface area (Å²) in [6.45, 7) is 6.82. The van der Waals surface area contributed by atoms with E-state index < -0.39 is 0 Å². The van der Waals surface area contributed by atoms with E-state index in [1.165, 1.54) is 16.7 Å². The van der Waals surface area contributed by atoms with Crippen LogP contribution in [0.5, 0.6) is 0 Å². The lowest BCUT2D eigenvalue weighted by Gasteiger charge is -2.19. The normalized spacial score (nSPS) is 10.1. The first-order chi connectivity index (χ1) is 7.47. The molecule has 0 saturated heterocycles. The highest BCUT2D eigenvalue weighted by atomic mass is 16.2. The Morgan fingerprint density at radius 1 is 1.31 bits per heavy atom. The third-order valence-electron chi connectivity index (χ3n) is 3.05. The molecule has 0 heterocycles. The van der Waals surface area contributed by atoms with Crippen molar-refractivity contribution in [1.29, 1.82) is 0 Å². The third-order valence-corrected chi connectivity index (χ3v) is 3.05. The van der Waals surface area contributed by atoms with Gasteiger partial charge in [0, 0.05) is 13.6 Å². The molecule has 1 rings (SSSR count). The number of hydrogen-bond donors (Lipinski definition) is 2. The lowest BCUT2D eigenvalue weighted by atomic mass is 9.99. The van der Waals surface area contributed by atoms with Crippen molar-refractivity contribution in [3.63, 3.8) is 0 Å². The Kier molecular flexibility index (Phi) is 3.90. The fourth-order valence-electron chi connectivity index (χ4n) is 1.62. The van der Waals surface area contributed by atoms with Crippen LogP contribution in [-0.4, -0.2) is 18.0 Å². The zero-order valence-electron chi connectivity index (χ0n) is 10.3. The molecule has 0 fully saturated rings. The molecule has 0 aliphatic carbocycles. The van der Waals surface area contributed by atoms with Crippen LogP contribution in [-0.2, 0) is 6.54 Å². The Morgan fingerprint density at radius 3 is 2.50 bits per heavy atom. The summed E-state index contributed by atoms with van der Waals surface area (Å²) >= 11 is 0. The Balaban J connectivity index is 2.90. The molecule has 2 amide bonds. The van der Waals surface area contributed by atoms with Gasteiger partial charge in [-0.25, -0.2) is 10.6 Å². The number of nitrogens with zero attached hydrogens (tertiary/aromatic N) is 1. The summed E-state index contributed by atoms with van der Waals surface area (Å²) in [5, 5.41) is 0. The second-order valence-electron chi connectivity index (χ2n) is 4.10. The maximum absolute atomic E-state index is 11.3. The zero-order valence-corrected chi connectivity index (χ0v) is 10.3. The summed E-state index contributed by atoms with van der Waals surface area (Å²) in [5.74, 6) is 5.08. The van der Waals surface area contributed by atoms with Gasteiger partial charge in [0.25, 0.3) is 0 Å². The Labute approximate surface area is 96.4 Å². The molecular formula is C12H19N3O. The van der Waals surface area contributed by atoms with Crippen molar-refractivity contribution in [2.24, 2.45) is 5.84 Å². The molecule has 4 nitrogen and oxygen atoms in total. The number of benzene rings is 1. The van der Waals surface area contributed by atoms with Gasteiger partial charge in [-0.2, -0.15) is 0 Å².